The molecule has 5 aromatic rings. The van der Waals surface area contributed by atoms with Crippen LogP contribution < -0.4 is 5.73 Å². The maximum absolute atomic E-state index is 13.5. The lowest BCUT2D eigenvalue weighted by molar-refractivity contribution is 0.103. The van der Waals surface area contributed by atoms with Crippen molar-refractivity contribution in [2.24, 2.45) is 0 Å². The number of carbonyl (C=O) groups excluding carboxylic acids is 1. The van der Waals surface area contributed by atoms with Gasteiger partial charge in [-0.1, -0.05) is 24.3 Å². The summed E-state index contributed by atoms with van der Waals surface area (Å²) in [5.41, 5.74) is 11.2. The number of ketones is 1. The van der Waals surface area contributed by atoms with Gasteiger partial charge in [-0.05, 0) is 37.6 Å². The first-order chi connectivity index (χ1) is 14.5. The number of hydrogen-bond donors (Lipinski definition) is 3. The SMILES string of the molecule is Cc1ccc(O)c(C)c1-n1c(N)c(C(=O)c2cc3ccccc3[nH]2)c2nccnc21. The Morgan fingerprint density at radius 3 is 2.67 bits per heavy atom. The Balaban J connectivity index is 1.80. The standard InChI is InChI=1S/C23H19N5O2/c1-12-7-8-17(29)13(2)20(12)28-22(24)18(19-23(28)26-10-9-25-19)21(30)16-11-14-5-3-4-6-15(14)27-16/h3-11,27,29H,24H2,1-2H3. The van der Waals surface area contributed by atoms with Crippen LogP contribution in [0.5, 0.6) is 5.75 Å². The van der Waals surface area contributed by atoms with E-state index in [4.69, 9.17) is 5.73 Å². The van der Waals surface area contributed by atoms with Crippen LogP contribution in [0.1, 0.15) is 27.2 Å². The van der Waals surface area contributed by atoms with Gasteiger partial charge in [-0.3, -0.25) is 14.3 Å². The number of hydrogen-bond acceptors (Lipinski definition) is 5. The molecule has 0 amide bonds. The number of aromatic nitrogens is 4. The fourth-order valence-electron chi connectivity index (χ4n) is 3.97. The molecule has 0 unspecified atom stereocenters. The summed E-state index contributed by atoms with van der Waals surface area (Å²) >= 11 is 0. The van der Waals surface area contributed by atoms with Crippen LogP contribution in [0, 0.1) is 13.8 Å². The van der Waals surface area contributed by atoms with Gasteiger partial charge < -0.3 is 15.8 Å². The summed E-state index contributed by atoms with van der Waals surface area (Å²) in [4.78, 5) is 25.5. The summed E-state index contributed by atoms with van der Waals surface area (Å²) in [5.74, 6) is 0.115. The third-order valence-corrected chi connectivity index (χ3v) is 5.45. The number of aryl methyl sites for hydroxylation is 1. The first-order valence-corrected chi connectivity index (χ1v) is 9.50. The second-order valence-electron chi connectivity index (χ2n) is 7.30. The summed E-state index contributed by atoms with van der Waals surface area (Å²) in [6.07, 6.45) is 3.10. The molecule has 0 spiro atoms. The highest BCUT2D eigenvalue weighted by Gasteiger charge is 2.27. The Kier molecular flexibility index (Phi) is 3.86. The van der Waals surface area contributed by atoms with E-state index in [1.807, 2.05) is 37.3 Å². The number of phenolic OH excluding ortho intramolecular Hbond substituents is 1. The Morgan fingerprint density at radius 2 is 1.87 bits per heavy atom. The summed E-state index contributed by atoms with van der Waals surface area (Å²) in [5, 5.41) is 11.2. The van der Waals surface area contributed by atoms with Crippen molar-refractivity contribution < 1.29 is 9.90 Å². The molecule has 0 fully saturated rings. The average Bonchev–Trinajstić information content (AvgIpc) is 3.30. The zero-order chi connectivity index (χ0) is 21.0. The van der Waals surface area contributed by atoms with Crippen molar-refractivity contribution in [1.82, 2.24) is 19.5 Å². The molecule has 7 nitrogen and oxygen atoms in total. The number of rotatable bonds is 3. The second-order valence-corrected chi connectivity index (χ2v) is 7.30. The molecule has 0 radical (unpaired) electrons. The van der Waals surface area contributed by atoms with Crippen LogP contribution in [-0.2, 0) is 0 Å². The minimum absolute atomic E-state index is 0.143. The molecule has 0 aliphatic carbocycles. The minimum atomic E-state index is -0.261. The summed E-state index contributed by atoms with van der Waals surface area (Å²) in [6.45, 7) is 3.72. The molecule has 3 aromatic heterocycles. The number of fused-ring (bicyclic) bond motifs is 2. The molecular formula is C23H19N5O2. The van der Waals surface area contributed by atoms with Gasteiger partial charge in [0.05, 0.1) is 16.9 Å². The average molecular weight is 397 g/mol. The first kappa shape index (κ1) is 17.9. The molecule has 0 bridgehead atoms. The molecule has 30 heavy (non-hydrogen) atoms. The van der Waals surface area contributed by atoms with E-state index in [1.54, 1.807) is 29.8 Å². The van der Waals surface area contributed by atoms with Gasteiger partial charge in [-0.15, -0.1) is 0 Å². The molecule has 5 rings (SSSR count). The zero-order valence-electron chi connectivity index (χ0n) is 16.5. The second kappa shape index (κ2) is 6.45. The lowest BCUT2D eigenvalue weighted by Gasteiger charge is -2.15. The number of carbonyl (C=O) groups is 1. The summed E-state index contributed by atoms with van der Waals surface area (Å²) in [6, 6.07) is 12.9. The Bertz CT molecular complexity index is 1430. The van der Waals surface area contributed by atoms with Crippen LogP contribution in [0.4, 0.5) is 5.82 Å². The highest BCUT2D eigenvalue weighted by atomic mass is 16.3. The highest BCUT2D eigenvalue weighted by Crippen LogP contribution is 2.35. The van der Waals surface area contributed by atoms with Crippen molar-refractivity contribution in [2.75, 3.05) is 5.73 Å². The normalized spacial score (nSPS) is 11.4. The first-order valence-electron chi connectivity index (χ1n) is 9.50. The number of anilines is 1. The molecule has 7 heteroatoms. The molecule has 0 saturated heterocycles. The number of nitrogens with zero attached hydrogens (tertiary/aromatic N) is 3. The fraction of sp³-hybridized carbons (Fsp3) is 0.0870. The van der Waals surface area contributed by atoms with Crippen molar-refractivity contribution in [2.45, 2.75) is 13.8 Å². The quantitative estimate of drug-likeness (QED) is 0.398. The van der Waals surface area contributed by atoms with Crippen LogP contribution >= 0.6 is 0 Å². The Hall–Kier alpha value is -4.13. The lowest BCUT2D eigenvalue weighted by Crippen LogP contribution is -2.09. The predicted molar refractivity (Wildman–Crippen MR) is 116 cm³/mol. The number of nitrogens with two attached hydrogens (primary N) is 1. The van der Waals surface area contributed by atoms with Gasteiger partial charge in [0.1, 0.15) is 17.1 Å². The smallest absolute Gasteiger partial charge is 0.215 e. The number of benzene rings is 2. The lowest BCUT2D eigenvalue weighted by atomic mass is 10.1. The zero-order valence-corrected chi connectivity index (χ0v) is 16.5. The number of para-hydroxylation sites is 1. The van der Waals surface area contributed by atoms with Crippen LogP contribution in [0.2, 0.25) is 0 Å². The molecule has 0 aliphatic rings. The third kappa shape index (κ3) is 2.49. The summed E-state index contributed by atoms with van der Waals surface area (Å²) in [7, 11) is 0. The number of nitrogens with one attached hydrogen (secondary N) is 1. The van der Waals surface area contributed by atoms with E-state index in [2.05, 4.69) is 15.0 Å². The van der Waals surface area contributed by atoms with Crippen LogP contribution in [-0.4, -0.2) is 30.4 Å². The van der Waals surface area contributed by atoms with Crippen molar-refractivity contribution >= 4 is 33.7 Å². The maximum Gasteiger partial charge on any atom is 0.215 e. The van der Waals surface area contributed by atoms with Gasteiger partial charge in [0.15, 0.2) is 5.65 Å². The molecular weight excluding hydrogens is 378 g/mol. The number of H-pyrrole nitrogens is 1. The van der Waals surface area contributed by atoms with Crippen molar-refractivity contribution in [3.8, 4) is 11.4 Å². The predicted octanol–water partition coefficient (Wildman–Crippen LogP) is 4.04. The molecule has 0 atom stereocenters. The van der Waals surface area contributed by atoms with Crippen LogP contribution in [0.15, 0.2) is 54.9 Å². The van der Waals surface area contributed by atoms with Gasteiger partial charge in [-0.25, -0.2) is 4.98 Å². The van der Waals surface area contributed by atoms with Crippen molar-refractivity contribution in [3.63, 3.8) is 0 Å². The van der Waals surface area contributed by atoms with E-state index in [1.165, 1.54) is 6.20 Å². The van der Waals surface area contributed by atoms with Crippen LogP contribution in [0.3, 0.4) is 0 Å². The van der Waals surface area contributed by atoms with E-state index < -0.39 is 0 Å². The van der Waals surface area contributed by atoms with Crippen LogP contribution in [0.25, 0.3) is 27.8 Å². The monoisotopic (exact) mass is 397 g/mol. The van der Waals surface area contributed by atoms with E-state index in [0.717, 1.165) is 16.5 Å². The highest BCUT2D eigenvalue weighted by molar-refractivity contribution is 6.19. The number of aromatic hydroxyl groups is 1. The Labute approximate surface area is 171 Å². The van der Waals surface area contributed by atoms with E-state index in [-0.39, 0.29) is 22.9 Å². The van der Waals surface area contributed by atoms with Crippen molar-refractivity contribution in [1.29, 1.82) is 0 Å². The Morgan fingerprint density at radius 1 is 1.10 bits per heavy atom. The van der Waals surface area contributed by atoms with Gasteiger partial charge in [-0.2, -0.15) is 0 Å². The number of phenols is 1. The summed E-state index contributed by atoms with van der Waals surface area (Å²) < 4.78 is 1.70. The number of nitrogen functional groups attached to an aromatic ring is 1. The minimum Gasteiger partial charge on any atom is -0.508 e. The molecule has 4 N–H and O–H groups in total. The molecule has 0 aliphatic heterocycles. The van der Waals surface area contributed by atoms with Gasteiger partial charge in [0.2, 0.25) is 5.78 Å². The van der Waals surface area contributed by atoms with Crippen molar-refractivity contribution in [3.05, 3.63) is 77.2 Å². The van der Waals surface area contributed by atoms with E-state index >= 15 is 0 Å². The largest absolute Gasteiger partial charge is 0.508 e. The molecule has 3 heterocycles. The molecule has 2 aromatic carbocycles. The molecule has 0 saturated carbocycles. The maximum atomic E-state index is 13.5. The molecule has 148 valence electrons. The van der Waals surface area contributed by atoms with E-state index in [9.17, 15) is 9.90 Å². The van der Waals surface area contributed by atoms with Gasteiger partial charge in [0, 0.05) is 28.9 Å². The van der Waals surface area contributed by atoms with Gasteiger partial charge in [0.25, 0.3) is 0 Å². The third-order valence-electron chi connectivity index (χ3n) is 5.45. The van der Waals surface area contributed by atoms with Gasteiger partial charge >= 0.3 is 0 Å². The topological polar surface area (TPSA) is 110 Å². The number of aromatic amines is 1. The fourth-order valence-corrected chi connectivity index (χ4v) is 3.97. The van der Waals surface area contributed by atoms with E-state index in [0.29, 0.717) is 28.1 Å².